The van der Waals surface area contributed by atoms with Crippen molar-refractivity contribution in [2.24, 2.45) is 0 Å². The van der Waals surface area contributed by atoms with Crippen LogP contribution >= 0.6 is 23.5 Å². The molecule has 0 aromatic carbocycles. The van der Waals surface area contributed by atoms with E-state index in [0.29, 0.717) is 49.8 Å². The maximum atomic E-state index is 10.7. The molecule has 14 nitrogen and oxygen atoms in total. The molecule has 0 heterocycles. The lowest BCUT2D eigenvalue weighted by Gasteiger charge is -1.98. The molecule has 0 aliphatic rings. The SMILES string of the molecule is C.C.C.C.C.C.C.C.C.C.C.C.C.C.C.C.C.C.C.C.C.C.C.C.C.C.C.C.C.C.C.C.CCC.CCC(=O)OC.CCCC(=O)CC.CCCC(=O)CCC.CCCC(=O)OC.CCCCC.CCOC.CCOC(=O)OCC.CCSC(=O)CC(=O)OC.CCSCOC. The van der Waals surface area contributed by atoms with Gasteiger partial charge in [-0.15, -0.1) is 11.8 Å². The molecule has 0 fully saturated rings. The fraction of sp³-hybridized carbons (Fsp3) is 0.912. The quantitative estimate of drug-likeness (QED) is 0.0347. The fourth-order valence-corrected chi connectivity index (χ4v) is 3.66. The monoisotopic (exact) mass is 1480 g/mol. The molecule has 0 radical (unpaired) electrons. The number of carbonyl (C=O) groups is 7. The molecule has 0 N–H and O–H groups in total. The van der Waals surface area contributed by atoms with Crippen molar-refractivity contribution < 1.29 is 66.7 Å². The first kappa shape index (κ1) is 302. The molecule has 16 heteroatoms. The number of methoxy groups -OCH3 is 5. The van der Waals surface area contributed by atoms with Crippen molar-refractivity contribution in [3.63, 3.8) is 0 Å². The van der Waals surface area contributed by atoms with Crippen molar-refractivity contribution in [2.45, 2.75) is 438 Å². The van der Waals surface area contributed by atoms with Crippen LogP contribution < -0.4 is 0 Å². The van der Waals surface area contributed by atoms with Crippen molar-refractivity contribution >= 4 is 64.3 Å². The van der Waals surface area contributed by atoms with Gasteiger partial charge >= 0.3 is 24.1 Å². The smallest absolute Gasteiger partial charge is 0.469 e. The van der Waals surface area contributed by atoms with Crippen LogP contribution in [-0.4, -0.2) is 114 Å². The molecule has 0 aliphatic heterocycles. The van der Waals surface area contributed by atoms with E-state index in [2.05, 4.69) is 63.0 Å². The zero-order valence-electron chi connectivity index (χ0n) is 44.9. The number of thioether (sulfide) groups is 2. The van der Waals surface area contributed by atoms with Crippen LogP contribution in [0.1, 0.15) is 438 Å². The van der Waals surface area contributed by atoms with Gasteiger partial charge in [0, 0.05) is 59.4 Å². The van der Waals surface area contributed by atoms with Gasteiger partial charge in [0.15, 0.2) is 5.12 Å². The first-order valence-electron chi connectivity index (χ1n) is 23.2. The maximum Gasteiger partial charge on any atom is 0.508 e. The summed E-state index contributed by atoms with van der Waals surface area (Å²) in [5.41, 5.74) is 0. The number of unbranched alkanes of at least 4 members (excludes halogenated alkanes) is 2. The van der Waals surface area contributed by atoms with Crippen LogP contribution in [0.4, 0.5) is 4.79 Å². The van der Waals surface area contributed by atoms with E-state index in [9.17, 15) is 33.6 Å². The number of ketones is 2. The average molecular weight is 1480 g/mol. The van der Waals surface area contributed by atoms with Crippen LogP contribution in [0.25, 0.3) is 0 Å². The average Bonchev–Trinajstić information content (AvgIpc) is 3.28. The summed E-state index contributed by atoms with van der Waals surface area (Å²) in [6, 6.07) is 0. The van der Waals surface area contributed by atoms with Crippen LogP contribution in [0.5, 0.6) is 0 Å². The van der Waals surface area contributed by atoms with E-state index < -0.39 is 12.1 Å². The Hall–Kier alpha value is -2.69. The van der Waals surface area contributed by atoms with Crippen LogP contribution in [0.3, 0.4) is 0 Å². The summed E-state index contributed by atoms with van der Waals surface area (Å²) in [5, 5.41) is -0.130. The third-order valence-electron chi connectivity index (χ3n) is 5.93. The van der Waals surface area contributed by atoms with Gasteiger partial charge in [-0.1, -0.05) is 358 Å². The normalized spacial score (nSPS) is 5.62. The standard InChI is InChI=1S/C7H14O.C6H10O3S.C6H12O.C5H10O3.C5H10O2.C5H12.C4H8O2.C4H10OS.C3H8O.C3H8.32CH4/c1-3-5-7(8)6-4-2;1-3-10-6(8)4-5(7)9-2;1-3-5-6(7)4-2;1-3-7-5(6)8-4-2;1-3-4-5(6)7-2;1-3-5-4-2;1-3-4(5)6-2;1-3-6-4-5-2;1-3-4-2;1-3-2;;;;;;;;;;;;;;;;;;;;;;;;;;;;;;;;/h3-6H2,1-2H3;3-4H2,1-2H3;3-5H2,1-2H3;3-4H2,1-2H3;3-4H2,1-2H3;3-5H2,1-2H3;3H2,1-2H3;3-4H2,1-2H3;3H2,1-2H3;3H2,1-2H3;32*1H4. The number of rotatable bonds is 21. The Morgan fingerprint density at radius 1 is 0.292 bits per heavy atom. The molecular weight excluding hydrogens is 1250 g/mol. The van der Waals surface area contributed by atoms with Gasteiger partial charge in [0.05, 0.1) is 40.5 Å². The lowest BCUT2D eigenvalue weighted by molar-refractivity contribution is -0.142. The largest absolute Gasteiger partial charge is 0.508 e. The van der Waals surface area contributed by atoms with Crippen LogP contribution in [0.2, 0.25) is 0 Å². The second-order valence-corrected chi connectivity index (χ2v) is 14.7. The van der Waals surface area contributed by atoms with E-state index in [1.807, 2.05) is 48.5 Å². The van der Waals surface area contributed by atoms with Crippen molar-refractivity contribution in [1.82, 2.24) is 0 Å². The van der Waals surface area contributed by atoms with E-state index in [1.54, 1.807) is 46.8 Å². The predicted molar refractivity (Wildman–Crippen MR) is 487 cm³/mol. The fourth-order valence-electron chi connectivity index (χ4n) is 2.79. The van der Waals surface area contributed by atoms with E-state index >= 15 is 0 Å². The summed E-state index contributed by atoms with van der Waals surface area (Å²) in [6.07, 6.45) is 12.5. The minimum atomic E-state index is -0.588. The molecule has 0 saturated heterocycles. The Labute approximate surface area is 638 Å². The van der Waals surface area contributed by atoms with E-state index in [1.165, 1.54) is 47.0 Å². The van der Waals surface area contributed by atoms with Crippen molar-refractivity contribution in [1.29, 1.82) is 0 Å². The van der Waals surface area contributed by atoms with Gasteiger partial charge in [-0.25, -0.2) is 4.79 Å². The first-order valence-corrected chi connectivity index (χ1v) is 25.3. The molecule has 0 bridgehead atoms. The van der Waals surface area contributed by atoms with Gasteiger partial charge in [0.2, 0.25) is 0 Å². The van der Waals surface area contributed by atoms with Crippen molar-refractivity contribution in [3.05, 3.63) is 0 Å². The molecule has 96 heavy (non-hydrogen) atoms. The van der Waals surface area contributed by atoms with Crippen molar-refractivity contribution in [3.8, 4) is 0 Å². The molecule has 0 aromatic rings. The Kier molecular flexibility index (Phi) is 1040. The Morgan fingerprint density at radius 2 is 0.552 bits per heavy atom. The maximum absolute atomic E-state index is 10.7. The molecule has 0 aliphatic carbocycles. The topological polar surface area (TPSA) is 184 Å². The van der Waals surface area contributed by atoms with Crippen molar-refractivity contribution in [2.75, 3.05) is 72.8 Å². The van der Waals surface area contributed by atoms with Gasteiger partial charge in [-0.2, -0.15) is 0 Å². The highest BCUT2D eigenvalue weighted by molar-refractivity contribution is 8.13. The van der Waals surface area contributed by atoms with E-state index in [-0.39, 0.29) is 261 Å². The Balaban J connectivity index is -0.00000000820. The van der Waals surface area contributed by atoms with Gasteiger partial charge in [0.1, 0.15) is 18.0 Å². The number of hydrogen-bond donors (Lipinski definition) is 0. The third-order valence-corrected chi connectivity index (χ3v) is 7.49. The molecule has 0 aromatic heterocycles. The Morgan fingerprint density at radius 3 is 0.667 bits per heavy atom. The number of ether oxygens (including phenoxy) is 7. The molecule has 0 spiro atoms. The number of carbonyl (C=O) groups excluding carboxylic acids is 7. The number of esters is 3. The van der Waals surface area contributed by atoms with Gasteiger partial charge < -0.3 is 33.2 Å². The highest BCUT2D eigenvalue weighted by Crippen LogP contribution is 2.04. The summed E-state index contributed by atoms with van der Waals surface area (Å²) in [5.74, 6) is 2.72. The predicted octanol–water partition coefficient (Wildman–Crippen LogP) is 33.4. The molecule has 646 valence electrons. The Bertz CT molecular complexity index is 864. The van der Waals surface area contributed by atoms with E-state index in [4.69, 9.17) is 4.74 Å². The molecule has 0 rings (SSSR count). The molecule has 0 atom stereocenters. The highest BCUT2D eigenvalue weighted by atomic mass is 32.2. The molecule has 0 saturated carbocycles. The number of Topliss-reactive ketones (excluding diaryl/α,β-unsaturated/α-hetero) is 2. The molecule has 0 amide bonds. The summed E-state index contributed by atoms with van der Waals surface area (Å²) >= 11 is 2.92. The van der Waals surface area contributed by atoms with Crippen LogP contribution in [0, 0.1) is 0 Å². The highest BCUT2D eigenvalue weighted by Gasteiger charge is 2.07. The van der Waals surface area contributed by atoms with Gasteiger partial charge in [0.25, 0.3) is 0 Å². The minimum Gasteiger partial charge on any atom is -0.469 e. The van der Waals surface area contributed by atoms with E-state index in [0.717, 1.165) is 75.0 Å². The zero-order valence-corrected chi connectivity index (χ0v) is 46.5. The molecule has 0 unspecified atom stereocenters. The summed E-state index contributed by atoms with van der Waals surface area (Å²) < 4.78 is 31.0. The lowest BCUT2D eigenvalue weighted by Crippen LogP contribution is -2.06. The number of hydrogen-bond acceptors (Lipinski definition) is 16. The molecular formula is C80H230O14S2. The minimum absolute atomic E-state index is 0. The van der Waals surface area contributed by atoms with Gasteiger partial charge in [-0.05, 0) is 58.0 Å². The summed E-state index contributed by atoms with van der Waals surface area (Å²) in [6.45, 7) is 31.3. The second kappa shape index (κ2) is 330. The van der Waals surface area contributed by atoms with Crippen LogP contribution in [-0.2, 0) is 61.9 Å². The summed E-state index contributed by atoms with van der Waals surface area (Å²) in [7, 11) is 7.44. The first-order chi connectivity index (χ1) is 30.4. The van der Waals surface area contributed by atoms with Gasteiger partial charge in [-0.3, -0.25) is 28.8 Å². The lowest BCUT2D eigenvalue weighted by atomic mass is 10.1. The summed E-state index contributed by atoms with van der Waals surface area (Å²) in [4.78, 5) is 72.5. The van der Waals surface area contributed by atoms with Crippen LogP contribution in [0.15, 0.2) is 0 Å². The second-order valence-electron chi connectivity index (χ2n) is 12.1. The zero-order chi connectivity index (χ0) is 52.3. The third kappa shape index (κ3) is 507.